The summed E-state index contributed by atoms with van der Waals surface area (Å²) < 4.78 is 5.39. The first-order valence-electron chi connectivity index (χ1n) is 12.6. The van der Waals surface area contributed by atoms with Gasteiger partial charge in [0.1, 0.15) is 23.4 Å². The van der Waals surface area contributed by atoms with E-state index >= 15 is 0 Å². The molecule has 198 valence electrons. The van der Waals surface area contributed by atoms with E-state index in [1.807, 2.05) is 41.5 Å². The van der Waals surface area contributed by atoms with Crippen LogP contribution < -0.4 is 10.6 Å². The fraction of sp³-hybridized carbons (Fsp3) is 0.667. The number of amides is 3. The predicted octanol–water partition coefficient (Wildman–Crippen LogP) is 4.91. The Morgan fingerprint density at radius 2 is 1.63 bits per heavy atom. The van der Waals surface area contributed by atoms with Crippen molar-refractivity contribution in [1.82, 2.24) is 15.5 Å². The first kappa shape index (κ1) is 30.3. The van der Waals surface area contributed by atoms with Crippen LogP contribution in [-0.2, 0) is 14.3 Å². The quantitative estimate of drug-likeness (QED) is 0.407. The van der Waals surface area contributed by atoms with E-state index in [2.05, 4.69) is 10.6 Å². The molecule has 4 atom stereocenters. The lowest BCUT2D eigenvalue weighted by molar-refractivity contribution is -0.146. The third-order valence-electron chi connectivity index (χ3n) is 5.79. The van der Waals surface area contributed by atoms with E-state index in [0.717, 1.165) is 12.8 Å². The molecule has 8 heteroatoms. The molecule has 0 saturated heterocycles. The molecule has 1 aromatic carbocycles. The lowest BCUT2D eigenvalue weighted by Crippen LogP contribution is -2.57. The fourth-order valence-electron chi connectivity index (χ4n) is 3.87. The summed E-state index contributed by atoms with van der Waals surface area (Å²) in [5.41, 5.74) is -0.388. The van der Waals surface area contributed by atoms with Crippen LogP contribution in [0.2, 0.25) is 0 Å². The van der Waals surface area contributed by atoms with E-state index in [1.54, 1.807) is 39.0 Å². The molecule has 0 fully saturated rings. The Balaban J connectivity index is 3.52. The number of phenols is 1. The molecule has 0 radical (unpaired) electrons. The number of hydrogen-bond acceptors (Lipinski definition) is 5. The average molecular weight is 492 g/mol. The maximum absolute atomic E-state index is 14.0. The molecule has 0 bridgehead atoms. The van der Waals surface area contributed by atoms with Crippen molar-refractivity contribution >= 4 is 17.9 Å². The molecule has 3 N–H and O–H groups in total. The Kier molecular flexibility index (Phi) is 11.5. The van der Waals surface area contributed by atoms with E-state index in [-0.39, 0.29) is 29.7 Å². The van der Waals surface area contributed by atoms with Crippen molar-refractivity contribution in [1.29, 1.82) is 0 Å². The Hall–Kier alpha value is -2.77. The number of alkyl carbamates (subject to hydrolysis) is 1. The molecule has 4 unspecified atom stereocenters. The topological polar surface area (TPSA) is 108 Å². The minimum atomic E-state index is -1.07. The van der Waals surface area contributed by atoms with Gasteiger partial charge in [-0.25, -0.2) is 4.79 Å². The predicted molar refractivity (Wildman–Crippen MR) is 138 cm³/mol. The van der Waals surface area contributed by atoms with Crippen molar-refractivity contribution in [3.63, 3.8) is 0 Å². The second kappa shape index (κ2) is 13.4. The van der Waals surface area contributed by atoms with Crippen molar-refractivity contribution < 1.29 is 24.2 Å². The highest BCUT2D eigenvalue weighted by molar-refractivity contribution is 5.93. The first-order chi connectivity index (χ1) is 16.2. The number of benzene rings is 1. The van der Waals surface area contributed by atoms with Crippen LogP contribution in [0.25, 0.3) is 0 Å². The fourth-order valence-corrected chi connectivity index (χ4v) is 3.87. The van der Waals surface area contributed by atoms with Gasteiger partial charge in [-0.05, 0) is 59.4 Å². The summed E-state index contributed by atoms with van der Waals surface area (Å²) in [5.74, 6) is -1.13. The zero-order valence-electron chi connectivity index (χ0n) is 22.8. The molecule has 0 heterocycles. The van der Waals surface area contributed by atoms with Crippen LogP contribution >= 0.6 is 0 Å². The number of hydrogen-bond donors (Lipinski definition) is 3. The number of carbonyl (C=O) groups is 3. The van der Waals surface area contributed by atoms with Crippen LogP contribution in [0.15, 0.2) is 24.3 Å². The number of ether oxygens (including phenoxy) is 1. The van der Waals surface area contributed by atoms with Crippen molar-refractivity contribution in [2.45, 2.75) is 111 Å². The smallest absolute Gasteiger partial charge is 0.408 e. The zero-order valence-corrected chi connectivity index (χ0v) is 22.8. The monoisotopic (exact) mass is 491 g/mol. The average Bonchev–Trinajstić information content (AvgIpc) is 2.74. The number of nitrogens with one attached hydrogen (secondary N) is 2. The minimum Gasteiger partial charge on any atom is -0.508 e. The van der Waals surface area contributed by atoms with Crippen LogP contribution in [0.3, 0.4) is 0 Å². The molecular weight excluding hydrogens is 446 g/mol. The van der Waals surface area contributed by atoms with E-state index in [9.17, 15) is 19.5 Å². The molecule has 35 heavy (non-hydrogen) atoms. The third kappa shape index (κ3) is 9.07. The Morgan fingerprint density at radius 3 is 2.11 bits per heavy atom. The number of phenolic OH excluding ortho intramolecular Hbond substituents is 1. The van der Waals surface area contributed by atoms with Gasteiger partial charge in [0, 0.05) is 17.6 Å². The SMILES string of the molecule is CCCC(C)NC(=O)C(c1ccccc1O)N(C(=O)C(NC(=O)OC(C)(C)C)C(C)C)C(C)CC. The molecular formula is C27H45N3O5. The van der Waals surface area contributed by atoms with Gasteiger partial charge in [-0.2, -0.15) is 0 Å². The maximum atomic E-state index is 14.0. The number of aromatic hydroxyl groups is 1. The molecule has 3 amide bonds. The van der Waals surface area contributed by atoms with Gasteiger partial charge in [0.25, 0.3) is 0 Å². The normalized spacial score (nSPS) is 15.0. The van der Waals surface area contributed by atoms with Gasteiger partial charge in [0.2, 0.25) is 11.8 Å². The van der Waals surface area contributed by atoms with E-state index < -0.39 is 29.7 Å². The molecule has 1 rings (SSSR count). The van der Waals surface area contributed by atoms with Crippen LogP contribution in [0, 0.1) is 5.92 Å². The standard InChI is InChI=1S/C27H45N3O5/c1-10-14-18(5)28-24(32)23(20-15-12-13-16-21(20)31)30(19(6)11-2)25(33)22(17(3)4)29-26(34)35-27(7,8)9/h12-13,15-19,22-23,31H,10-11,14H2,1-9H3,(H,28,32)(H,29,34). The molecule has 0 aliphatic rings. The maximum Gasteiger partial charge on any atom is 0.408 e. The molecule has 0 saturated carbocycles. The van der Waals surface area contributed by atoms with E-state index in [4.69, 9.17) is 4.74 Å². The lowest BCUT2D eigenvalue weighted by Gasteiger charge is -2.39. The molecule has 8 nitrogen and oxygen atoms in total. The second-order valence-electron chi connectivity index (χ2n) is 10.5. The summed E-state index contributed by atoms with van der Waals surface area (Å²) in [4.78, 5) is 41.7. The van der Waals surface area contributed by atoms with Crippen LogP contribution in [-0.4, -0.2) is 51.6 Å². The minimum absolute atomic E-state index is 0.0712. The molecule has 0 aliphatic heterocycles. The first-order valence-corrected chi connectivity index (χ1v) is 12.6. The second-order valence-corrected chi connectivity index (χ2v) is 10.5. The van der Waals surface area contributed by atoms with Gasteiger partial charge >= 0.3 is 6.09 Å². The zero-order chi connectivity index (χ0) is 26.9. The number of rotatable bonds is 11. The van der Waals surface area contributed by atoms with Crippen molar-refractivity contribution in [3.8, 4) is 5.75 Å². The summed E-state index contributed by atoms with van der Waals surface area (Å²) in [6.07, 6.45) is 1.55. The Bertz CT molecular complexity index is 849. The highest BCUT2D eigenvalue weighted by atomic mass is 16.6. The summed E-state index contributed by atoms with van der Waals surface area (Å²) >= 11 is 0. The van der Waals surface area contributed by atoms with Crippen molar-refractivity contribution in [3.05, 3.63) is 29.8 Å². The molecule has 0 aromatic heterocycles. The van der Waals surface area contributed by atoms with Gasteiger partial charge in [0.05, 0.1) is 0 Å². The number of nitrogens with zero attached hydrogens (tertiary/aromatic N) is 1. The van der Waals surface area contributed by atoms with Crippen molar-refractivity contribution in [2.75, 3.05) is 0 Å². The number of carbonyl (C=O) groups excluding carboxylic acids is 3. The summed E-state index contributed by atoms with van der Waals surface area (Å²) in [7, 11) is 0. The summed E-state index contributed by atoms with van der Waals surface area (Å²) in [6, 6.07) is 4.11. The van der Waals surface area contributed by atoms with Gasteiger partial charge in [-0.15, -0.1) is 0 Å². The molecule has 0 aliphatic carbocycles. The number of para-hydroxylation sites is 1. The van der Waals surface area contributed by atoms with Gasteiger partial charge in [-0.1, -0.05) is 52.3 Å². The largest absolute Gasteiger partial charge is 0.508 e. The van der Waals surface area contributed by atoms with Gasteiger partial charge in [0.15, 0.2) is 0 Å². The third-order valence-corrected chi connectivity index (χ3v) is 5.79. The van der Waals surface area contributed by atoms with Crippen LogP contribution in [0.4, 0.5) is 4.79 Å². The Morgan fingerprint density at radius 1 is 1.03 bits per heavy atom. The van der Waals surface area contributed by atoms with Crippen molar-refractivity contribution in [2.24, 2.45) is 5.92 Å². The van der Waals surface area contributed by atoms with Crippen LogP contribution in [0.1, 0.15) is 93.2 Å². The Labute approximate surface area is 210 Å². The molecule has 0 spiro atoms. The van der Waals surface area contributed by atoms with E-state index in [1.165, 1.54) is 11.0 Å². The van der Waals surface area contributed by atoms with E-state index in [0.29, 0.717) is 12.0 Å². The lowest BCUT2D eigenvalue weighted by atomic mass is 9.96. The highest BCUT2D eigenvalue weighted by Gasteiger charge is 2.40. The van der Waals surface area contributed by atoms with Crippen LogP contribution in [0.5, 0.6) is 5.75 Å². The molecule has 1 aromatic rings. The van der Waals surface area contributed by atoms with Gasteiger partial charge in [-0.3, -0.25) is 9.59 Å². The summed E-state index contributed by atoms with van der Waals surface area (Å²) in [5, 5.41) is 16.4. The highest BCUT2D eigenvalue weighted by Crippen LogP contribution is 2.32. The summed E-state index contributed by atoms with van der Waals surface area (Å²) in [6.45, 7) is 16.6. The van der Waals surface area contributed by atoms with Gasteiger partial charge < -0.3 is 25.4 Å².